The van der Waals surface area contributed by atoms with Crippen LogP contribution in [-0.4, -0.2) is 50.8 Å². The van der Waals surface area contributed by atoms with E-state index in [0.717, 1.165) is 32.6 Å². The number of amides is 1. The molecule has 24 heavy (non-hydrogen) atoms. The number of hydrogen-bond acceptors (Lipinski definition) is 4. The Bertz CT molecular complexity index is 504. The number of nitrogens with zero attached hydrogens (tertiary/aromatic N) is 1. The fourth-order valence-electron chi connectivity index (χ4n) is 3.25. The van der Waals surface area contributed by atoms with Gasteiger partial charge in [0.2, 0.25) is 5.91 Å². The van der Waals surface area contributed by atoms with Gasteiger partial charge in [-0.2, -0.15) is 0 Å². The molecule has 136 valence electrons. The van der Waals surface area contributed by atoms with Crippen molar-refractivity contribution >= 4 is 36.4 Å². The van der Waals surface area contributed by atoms with E-state index in [2.05, 4.69) is 39.8 Å². The Labute approximate surface area is 156 Å². The lowest BCUT2D eigenvalue weighted by molar-refractivity contribution is -0.129. The number of hydrogen-bond donors (Lipinski definition) is 2. The first kappa shape index (κ1) is 21.0. The van der Waals surface area contributed by atoms with Crippen LogP contribution >= 0.6 is 24.8 Å². The highest BCUT2D eigenvalue weighted by Crippen LogP contribution is 2.23. The minimum absolute atomic E-state index is 0. The molecule has 0 bridgehead atoms. The molecule has 3 atom stereocenters. The Morgan fingerprint density at radius 1 is 1.33 bits per heavy atom. The van der Waals surface area contributed by atoms with Gasteiger partial charge in [0.25, 0.3) is 0 Å². The number of ether oxygens (including phenoxy) is 1. The molecule has 2 aliphatic heterocycles. The van der Waals surface area contributed by atoms with Crippen molar-refractivity contribution in [3.05, 3.63) is 30.3 Å². The molecular formula is C17H27Cl2N3O2. The maximum Gasteiger partial charge on any atom is 0.239 e. The van der Waals surface area contributed by atoms with E-state index in [1.165, 1.54) is 5.69 Å². The van der Waals surface area contributed by atoms with Gasteiger partial charge >= 0.3 is 0 Å². The second kappa shape index (κ2) is 10.1. The van der Waals surface area contributed by atoms with Crippen LogP contribution < -0.4 is 15.5 Å². The number of para-hydroxylation sites is 1. The monoisotopic (exact) mass is 375 g/mol. The number of halogens is 2. The van der Waals surface area contributed by atoms with Crippen LogP contribution in [0.3, 0.4) is 0 Å². The van der Waals surface area contributed by atoms with Gasteiger partial charge in [-0.05, 0) is 31.4 Å². The molecule has 1 unspecified atom stereocenters. The molecule has 1 aromatic carbocycles. The number of nitrogens with one attached hydrogen (secondary N) is 2. The summed E-state index contributed by atoms with van der Waals surface area (Å²) in [5.74, 6) is 0.578. The van der Waals surface area contributed by atoms with Crippen LogP contribution in [0.5, 0.6) is 0 Å². The molecule has 0 saturated carbocycles. The van der Waals surface area contributed by atoms with E-state index in [0.29, 0.717) is 12.5 Å². The van der Waals surface area contributed by atoms with Gasteiger partial charge < -0.3 is 20.3 Å². The maximum absolute atomic E-state index is 12.2. The smallest absolute Gasteiger partial charge is 0.239 e. The summed E-state index contributed by atoms with van der Waals surface area (Å²) in [6.07, 6.45) is 1.07. The normalized spacial score (nSPS) is 26.2. The fourth-order valence-corrected chi connectivity index (χ4v) is 3.25. The molecule has 2 heterocycles. The van der Waals surface area contributed by atoms with Crippen molar-refractivity contribution in [2.75, 3.05) is 37.7 Å². The minimum Gasteiger partial charge on any atom is -0.375 e. The second-order valence-corrected chi connectivity index (χ2v) is 6.19. The largest absolute Gasteiger partial charge is 0.375 e. The molecule has 5 nitrogen and oxygen atoms in total. The molecule has 2 fully saturated rings. The molecule has 1 aromatic rings. The highest BCUT2D eigenvalue weighted by Gasteiger charge is 2.29. The van der Waals surface area contributed by atoms with Gasteiger partial charge in [-0.15, -0.1) is 24.8 Å². The van der Waals surface area contributed by atoms with Gasteiger partial charge in [-0.3, -0.25) is 4.79 Å². The third-order valence-electron chi connectivity index (χ3n) is 4.57. The zero-order chi connectivity index (χ0) is 15.4. The average molecular weight is 376 g/mol. The van der Waals surface area contributed by atoms with Gasteiger partial charge in [-0.1, -0.05) is 18.2 Å². The van der Waals surface area contributed by atoms with Crippen molar-refractivity contribution in [2.24, 2.45) is 5.92 Å². The topological polar surface area (TPSA) is 53.6 Å². The van der Waals surface area contributed by atoms with Gasteiger partial charge in [-0.25, -0.2) is 0 Å². The van der Waals surface area contributed by atoms with Crippen LogP contribution in [-0.2, 0) is 9.53 Å². The molecule has 0 aliphatic carbocycles. The zero-order valence-electron chi connectivity index (χ0n) is 13.9. The van der Waals surface area contributed by atoms with Crippen molar-refractivity contribution in [3.63, 3.8) is 0 Å². The summed E-state index contributed by atoms with van der Waals surface area (Å²) in [4.78, 5) is 14.6. The Kier molecular flexibility index (Phi) is 8.84. The van der Waals surface area contributed by atoms with Crippen LogP contribution in [0.2, 0.25) is 0 Å². The third-order valence-corrected chi connectivity index (χ3v) is 4.57. The SMILES string of the molecule is C[C@H]1OCCN[C@@H]1C(=O)NCC1CCN(c2ccccc2)C1.Cl.Cl. The Morgan fingerprint density at radius 2 is 2.08 bits per heavy atom. The predicted octanol–water partition coefficient (Wildman–Crippen LogP) is 1.85. The van der Waals surface area contributed by atoms with Crippen molar-refractivity contribution in [3.8, 4) is 0 Å². The third kappa shape index (κ3) is 5.24. The van der Waals surface area contributed by atoms with Gasteiger partial charge in [0.15, 0.2) is 0 Å². The predicted molar refractivity (Wildman–Crippen MR) is 101 cm³/mol. The number of benzene rings is 1. The van der Waals surface area contributed by atoms with E-state index >= 15 is 0 Å². The van der Waals surface area contributed by atoms with Gasteiger partial charge in [0.1, 0.15) is 6.04 Å². The summed E-state index contributed by atoms with van der Waals surface area (Å²) in [5.41, 5.74) is 1.27. The van der Waals surface area contributed by atoms with Crippen LogP contribution in [0, 0.1) is 5.92 Å². The Morgan fingerprint density at radius 3 is 2.79 bits per heavy atom. The molecule has 2 N–H and O–H groups in total. The summed E-state index contributed by atoms with van der Waals surface area (Å²) in [7, 11) is 0. The first-order valence-electron chi connectivity index (χ1n) is 8.17. The lowest BCUT2D eigenvalue weighted by atomic mass is 10.1. The molecule has 2 aliphatic rings. The van der Waals surface area contributed by atoms with Gasteiger partial charge in [0.05, 0.1) is 12.7 Å². The van der Waals surface area contributed by atoms with Gasteiger partial charge in [0, 0.05) is 31.9 Å². The summed E-state index contributed by atoms with van der Waals surface area (Å²) in [5, 5.41) is 6.32. The van der Waals surface area contributed by atoms with Crippen LogP contribution in [0.25, 0.3) is 0 Å². The van der Waals surface area contributed by atoms with Crippen LogP contribution in [0.15, 0.2) is 30.3 Å². The number of anilines is 1. The summed E-state index contributed by atoms with van der Waals surface area (Å²) in [6, 6.07) is 10.2. The Hall–Kier alpha value is -1.01. The molecule has 3 rings (SSSR count). The zero-order valence-corrected chi connectivity index (χ0v) is 15.6. The molecule has 7 heteroatoms. The average Bonchev–Trinajstić information content (AvgIpc) is 3.03. The van der Waals surface area contributed by atoms with Crippen molar-refractivity contribution in [1.29, 1.82) is 0 Å². The number of rotatable bonds is 4. The molecular weight excluding hydrogens is 349 g/mol. The molecule has 2 saturated heterocycles. The van der Waals surface area contributed by atoms with Crippen molar-refractivity contribution < 1.29 is 9.53 Å². The van der Waals surface area contributed by atoms with E-state index in [4.69, 9.17) is 4.74 Å². The number of carbonyl (C=O) groups is 1. The molecule has 0 spiro atoms. The van der Waals surface area contributed by atoms with Crippen LogP contribution in [0.1, 0.15) is 13.3 Å². The minimum atomic E-state index is -0.222. The quantitative estimate of drug-likeness (QED) is 0.842. The van der Waals surface area contributed by atoms with E-state index in [9.17, 15) is 4.79 Å². The number of carbonyl (C=O) groups excluding carboxylic acids is 1. The highest BCUT2D eigenvalue weighted by atomic mass is 35.5. The van der Waals surface area contributed by atoms with E-state index in [-0.39, 0.29) is 42.9 Å². The van der Waals surface area contributed by atoms with E-state index in [1.807, 2.05) is 13.0 Å². The van der Waals surface area contributed by atoms with Crippen molar-refractivity contribution in [1.82, 2.24) is 10.6 Å². The van der Waals surface area contributed by atoms with Crippen LogP contribution in [0.4, 0.5) is 5.69 Å². The Balaban J connectivity index is 0.00000144. The summed E-state index contributed by atoms with van der Waals surface area (Å²) >= 11 is 0. The standard InChI is InChI=1S/C17H25N3O2.2ClH/c1-13-16(18-8-10-22-13)17(21)19-11-14-7-9-20(12-14)15-5-3-2-4-6-15;;/h2-6,13-14,16,18H,7-12H2,1H3,(H,19,21);2*1H/t13-,14?,16+;;/m1../s1. The lowest BCUT2D eigenvalue weighted by Crippen LogP contribution is -2.56. The lowest BCUT2D eigenvalue weighted by Gasteiger charge is -2.29. The first-order chi connectivity index (χ1) is 10.7. The van der Waals surface area contributed by atoms with E-state index in [1.54, 1.807) is 0 Å². The number of morpholine rings is 1. The summed E-state index contributed by atoms with van der Waals surface area (Å²) in [6.45, 7) is 6.18. The summed E-state index contributed by atoms with van der Waals surface area (Å²) < 4.78 is 5.53. The maximum atomic E-state index is 12.2. The van der Waals surface area contributed by atoms with E-state index < -0.39 is 0 Å². The second-order valence-electron chi connectivity index (χ2n) is 6.19. The highest BCUT2D eigenvalue weighted by molar-refractivity contribution is 5.85. The molecule has 1 amide bonds. The van der Waals surface area contributed by atoms with Crippen molar-refractivity contribution in [2.45, 2.75) is 25.5 Å². The molecule has 0 aromatic heterocycles. The molecule has 0 radical (unpaired) electrons. The first-order valence-corrected chi connectivity index (χ1v) is 8.17. The fraction of sp³-hybridized carbons (Fsp3) is 0.588.